The van der Waals surface area contributed by atoms with Gasteiger partial charge in [0.25, 0.3) is 0 Å². The van der Waals surface area contributed by atoms with Gasteiger partial charge in [-0.2, -0.15) is 0 Å². The van der Waals surface area contributed by atoms with Crippen LogP contribution in [-0.2, 0) is 17.8 Å². The smallest absolute Gasteiger partial charge is 0.227 e. The van der Waals surface area contributed by atoms with E-state index in [0.717, 1.165) is 36.8 Å². The highest BCUT2D eigenvalue weighted by atomic mass is 35.5. The first-order chi connectivity index (χ1) is 10.7. The zero-order chi connectivity index (χ0) is 15.1. The minimum atomic E-state index is 0.0591. The molecule has 0 radical (unpaired) electrons. The second-order valence-electron chi connectivity index (χ2n) is 6.13. The molecule has 5 nitrogen and oxygen atoms in total. The Bertz CT molecular complexity index is 708. The van der Waals surface area contributed by atoms with Gasteiger partial charge >= 0.3 is 0 Å². The third-order valence-corrected chi connectivity index (χ3v) is 4.93. The summed E-state index contributed by atoms with van der Waals surface area (Å²) in [5, 5.41) is 8.74. The highest BCUT2D eigenvalue weighted by molar-refractivity contribution is 6.30. The molecule has 4 rings (SSSR count). The molecule has 22 heavy (non-hydrogen) atoms. The molecule has 0 spiro atoms. The van der Waals surface area contributed by atoms with Gasteiger partial charge in [-0.25, -0.2) is 0 Å². The normalized spacial score (nSPS) is 21.3. The average Bonchev–Trinajstić information content (AvgIpc) is 2.93. The van der Waals surface area contributed by atoms with Crippen molar-refractivity contribution in [2.75, 3.05) is 13.1 Å². The Kier molecular flexibility index (Phi) is 3.37. The molecule has 3 heterocycles. The summed E-state index contributed by atoms with van der Waals surface area (Å²) in [5.74, 6) is 1.72. The maximum atomic E-state index is 12.6. The summed E-state index contributed by atoms with van der Waals surface area (Å²) in [6.45, 7) is 2.30. The van der Waals surface area contributed by atoms with Crippen molar-refractivity contribution in [3.8, 4) is 0 Å². The second kappa shape index (κ2) is 5.39. The Labute approximate surface area is 133 Å². The van der Waals surface area contributed by atoms with Crippen molar-refractivity contribution < 1.29 is 4.79 Å². The molecular formula is C16H17ClN4O. The fourth-order valence-electron chi connectivity index (χ4n) is 3.35. The topological polar surface area (TPSA) is 51.0 Å². The number of nitrogens with zero attached hydrogens (tertiary/aromatic N) is 4. The lowest BCUT2D eigenvalue weighted by atomic mass is 9.89. The first-order valence-electron chi connectivity index (χ1n) is 7.61. The molecular weight excluding hydrogens is 300 g/mol. The van der Waals surface area contributed by atoms with Crippen LogP contribution < -0.4 is 0 Å². The predicted molar refractivity (Wildman–Crippen MR) is 82.6 cm³/mol. The van der Waals surface area contributed by atoms with Gasteiger partial charge in [0.1, 0.15) is 12.2 Å². The number of carbonyl (C=O) groups excluding carboxylic acids is 1. The standard InChI is InChI=1S/C16H17ClN4O/c17-14-3-1-2-11(6-14)13-8-20(9-13)16(22)12-4-5-15-19-18-10-21(15)7-12/h1-3,6,10,12-13H,4-5,7-9H2/t12-/m0/s1. The lowest BCUT2D eigenvalue weighted by molar-refractivity contribution is -0.141. The number of aryl methyl sites for hydroxylation is 1. The molecule has 0 unspecified atom stereocenters. The van der Waals surface area contributed by atoms with Gasteiger partial charge in [-0.1, -0.05) is 23.7 Å². The molecule has 0 N–H and O–H groups in total. The minimum Gasteiger partial charge on any atom is -0.341 e. The van der Waals surface area contributed by atoms with Crippen LogP contribution in [0, 0.1) is 5.92 Å². The number of hydrogen-bond donors (Lipinski definition) is 0. The first-order valence-corrected chi connectivity index (χ1v) is 7.99. The third-order valence-electron chi connectivity index (χ3n) is 4.69. The summed E-state index contributed by atoms with van der Waals surface area (Å²) >= 11 is 6.03. The van der Waals surface area contributed by atoms with Crippen molar-refractivity contribution in [2.24, 2.45) is 5.92 Å². The van der Waals surface area contributed by atoms with Crippen LogP contribution in [0.25, 0.3) is 0 Å². The minimum absolute atomic E-state index is 0.0591. The number of aromatic nitrogens is 3. The Morgan fingerprint density at radius 1 is 1.27 bits per heavy atom. The van der Waals surface area contributed by atoms with Crippen molar-refractivity contribution in [1.29, 1.82) is 0 Å². The molecule has 2 aromatic rings. The first kappa shape index (κ1) is 13.8. The number of carbonyl (C=O) groups is 1. The van der Waals surface area contributed by atoms with Crippen molar-refractivity contribution in [3.05, 3.63) is 47.0 Å². The lowest BCUT2D eigenvalue weighted by Crippen LogP contribution is -2.51. The number of amides is 1. The number of hydrogen-bond acceptors (Lipinski definition) is 3. The molecule has 2 aliphatic heterocycles. The van der Waals surface area contributed by atoms with Crippen LogP contribution in [0.2, 0.25) is 5.02 Å². The molecule has 1 fully saturated rings. The summed E-state index contributed by atoms with van der Waals surface area (Å²) in [5.41, 5.74) is 1.22. The van der Waals surface area contributed by atoms with Crippen molar-refractivity contribution in [3.63, 3.8) is 0 Å². The van der Waals surface area contributed by atoms with Crippen LogP contribution in [0.5, 0.6) is 0 Å². The van der Waals surface area contributed by atoms with Gasteiger partial charge in [-0.3, -0.25) is 4.79 Å². The van der Waals surface area contributed by atoms with Crippen molar-refractivity contribution in [2.45, 2.75) is 25.3 Å². The van der Waals surface area contributed by atoms with Crippen molar-refractivity contribution >= 4 is 17.5 Å². The quantitative estimate of drug-likeness (QED) is 0.852. The molecule has 1 aromatic carbocycles. The summed E-state index contributed by atoms with van der Waals surface area (Å²) in [6, 6.07) is 7.93. The molecule has 0 bridgehead atoms. The number of fused-ring (bicyclic) bond motifs is 1. The molecule has 1 atom stereocenters. The van der Waals surface area contributed by atoms with Crippen LogP contribution in [0.4, 0.5) is 0 Å². The fourth-order valence-corrected chi connectivity index (χ4v) is 3.55. The Morgan fingerprint density at radius 3 is 2.95 bits per heavy atom. The molecule has 1 aromatic heterocycles. The number of halogens is 1. The lowest BCUT2D eigenvalue weighted by Gasteiger charge is -2.42. The van der Waals surface area contributed by atoms with Crippen molar-refractivity contribution in [1.82, 2.24) is 19.7 Å². The number of likely N-dealkylation sites (tertiary alicyclic amines) is 1. The van der Waals surface area contributed by atoms with Crippen LogP contribution in [0.3, 0.4) is 0 Å². The summed E-state index contributed by atoms with van der Waals surface area (Å²) in [7, 11) is 0. The van der Waals surface area contributed by atoms with Gasteiger partial charge in [0.2, 0.25) is 5.91 Å². The highest BCUT2D eigenvalue weighted by Crippen LogP contribution is 2.31. The summed E-state index contributed by atoms with van der Waals surface area (Å²) in [4.78, 5) is 14.6. The van der Waals surface area contributed by atoms with Gasteiger partial charge in [-0.05, 0) is 24.1 Å². The van der Waals surface area contributed by atoms with E-state index >= 15 is 0 Å². The van der Waals surface area contributed by atoms with E-state index in [2.05, 4.69) is 16.3 Å². The average molecular weight is 317 g/mol. The molecule has 1 amide bonds. The van der Waals surface area contributed by atoms with Crippen LogP contribution >= 0.6 is 11.6 Å². The molecule has 1 saturated heterocycles. The highest BCUT2D eigenvalue weighted by Gasteiger charge is 2.36. The van der Waals surface area contributed by atoms with Crippen LogP contribution in [0.15, 0.2) is 30.6 Å². The van der Waals surface area contributed by atoms with E-state index in [-0.39, 0.29) is 11.8 Å². The van der Waals surface area contributed by atoms with Gasteiger partial charge in [0.05, 0.1) is 5.92 Å². The van der Waals surface area contributed by atoms with Crippen LogP contribution in [0.1, 0.15) is 23.7 Å². The molecule has 0 aliphatic carbocycles. The SMILES string of the molecule is O=C([C@H]1CCc2nncn2C1)N1CC(c2cccc(Cl)c2)C1. The van der Waals surface area contributed by atoms with E-state index in [4.69, 9.17) is 11.6 Å². The zero-order valence-corrected chi connectivity index (χ0v) is 12.9. The van der Waals surface area contributed by atoms with E-state index < -0.39 is 0 Å². The predicted octanol–water partition coefficient (Wildman–Crippen LogP) is 2.12. The van der Waals surface area contributed by atoms with E-state index in [1.807, 2.05) is 27.7 Å². The Balaban J connectivity index is 1.38. The van der Waals surface area contributed by atoms with Gasteiger partial charge in [0.15, 0.2) is 0 Å². The zero-order valence-electron chi connectivity index (χ0n) is 12.2. The maximum absolute atomic E-state index is 12.6. The largest absolute Gasteiger partial charge is 0.341 e. The molecule has 0 saturated carbocycles. The Morgan fingerprint density at radius 2 is 2.14 bits per heavy atom. The van der Waals surface area contributed by atoms with E-state index in [0.29, 0.717) is 12.5 Å². The third kappa shape index (κ3) is 2.39. The number of rotatable bonds is 2. The van der Waals surface area contributed by atoms with E-state index in [1.54, 1.807) is 6.33 Å². The summed E-state index contributed by atoms with van der Waals surface area (Å²) in [6.07, 6.45) is 3.43. The second-order valence-corrected chi connectivity index (χ2v) is 6.57. The number of benzene rings is 1. The fraction of sp³-hybridized carbons (Fsp3) is 0.438. The molecule has 114 valence electrons. The van der Waals surface area contributed by atoms with Crippen LogP contribution in [-0.4, -0.2) is 38.7 Å². The molecule has 6 heteroatoms. The maximum Gasteiger partial charge on any atom is 0.227 e. The Hall–Kier alpha value is -1.88. The van der Waals surface area contributed by atoms with Gasteiger partial charge in [0, 0.05) is 37.0 Å². The summed E-state index contributed by atoms with van der Waals surface area (Å²) < 4.78 is 2.00. The monoisotopic (exact) mass is 316 g/mol. The molecule has 2 aliphatic rings. The van der Waals surface area contributed by atoms with Gasteiger partial charge in [-0.15, -0.1) is 10.2 Å². The van der Waals surface area contributed by atoms with Gasteiger partial charge < -0.3 is 9.47 Å². The van der Waals surface area contributed by atoms with E-state index in [1.165, 1.54) is 5.56 Å². The van der Waals surface area contributed by atoms with E-state index in [9.17, 15) is 4.79 Å².